The minimum atomic E-state index is 0.0587. The Labute approximate surface area is 56.7 Å². The van der Waals surface area contributed by atoms with Gasteiger partial charge in [-0.2, -0.15) is 0 Å². The van der Waals surface area contributed by atoms with E-state index in [9.17, 15) is 0 Å². The normalized spacial score (nSPS) is 11.1. The molecule has 0 atom stereocenters. The van der Waals surface area contributed by atoms with Gasteiger partial charge < -0.3 is 5.11 Å². The van der Waals surface area contributed by atoms with Gasteiger partial charge in [0, 0.05) is 0 Å². The highest BCUT2D eigenvalue weighted by molar-refractivity contribution is 5.14. The fourth-order valence-electron chi connectivity index (χ4n) is 0.381. The summed E-state index contributed by atoms with van der Waals surface area (Å²) in [5.41, 5.74) is 0.767. The summed E-state index contributed by atoms with van der Waals surface area (Å²) in [6.07, 6.45) is 3.86. The molecule has 0 rings (SSSR count). The Balaban J connectivity index is 3.57. The maximum Gasteiger partial charge on any atom is 0.0676 e. The molecule has 0 amide bonds. The molecule has 52 valence electrons. The smallest absolute Gasteiger partial charge is 0.0676 e. The average molecular weight is 126 g/mol. The van der Waals surface area contributed by atoms with Crippen molar-refractivity contribution in [3.63, 3.8) is 0 Å². The molecule has 0 saturated carbocycles. The molecule has 0 spiro atoms. The number of hydrogen-bond donors (Lipinski definition) is 1. The molecule has 0 radical (unpaired) electrons. The zero-order valence-electron chi connectivity index (χ0n) is 6.09. The van der Waals surface area contributed by atoms with E-state index < -0.39 is 0 Å². The van der Waals surface area contributed by atoms with E-state index in [-0.39, 0.29) is 6.61 Å². The Bertz CT molecular complexity index is 112. The fraction of sp³-hybridized carbons (Fsp3) is 0.500. The molecular formula is C8H14O. The molecule has 0 heterocycles. The first-order valence-corrected chi connectivity index (χ1v) is 3.13. The van der Waals surface area contributed by atoms with Crippen molar-refractivity contribution >= 4 is 0 Å². The first kappa shape index (κ1) is 8.44. The monoisotopic (exact) mass is 126 g/mol. The zero-order chi connectivity index (χ0) is 7.28. The predicted octanol–water partition coefficient (Wildman–Crippen LogP) is 1.75. The second-order valence-electron chi connectivity index (χ2n) is 2.42. The van der Waals surface area contributed by atoms with Gasteiger partial charge in [-0.15, -0.1) is 0 Å². The lowest BCUT2D eigenvalue weighted by Crippen LogP contribution is -1.84. The van der Waals surface area contributed by atoms with Crippen molar-refractivity contribution in [1.82, 2.24) is 0 Å². The third-order valence-electron chi connectivity index (χ3n) is 0.920. The van der Waals surface area contributed by atoms with Crippen molar-refractivity contribution in [3.05, 3.63) is 24.3 Å². The Hall–Kier alpha value is -0.560. The molecule has 0 unspecified atom stereocenters. The van der Waals surface area contributed by atoms with Crippen LogP contribution in [0.15, 0.2) is 24.3 Å². The molecule has 1 heteroatoms. The van der Waals surface area contributed by atoms with E-state index in [1.165, 1.54) is 0 Å². The Kier molecular flexibility index (Phi) is 4.06. The van der Waals surface area contributed by atoms with Crippen molar-refractivity contribution in [1.29, 1.82) is 0 Å². The van der Waals surface area contributed by atoms with Gasteiger partial charge in [0.15, 0.2) is 0 Å². The van der Waals surface area contributed by atoms with E-state index in [2.05, 4.69) is 20.4 Å². The molecule has 0 saturated heterocycles. The van der Waals surface area contributed by atoms with E-state index in [0.717, 1.165) is 5.57 Å². The Morgan fingerprint density at radius 3 is 2.56 bits per heavy atom. The lowest BCUT2D eigenvalue weighted by Gasteiger charge is -1.93. The van der Waals surface area contributed by atoms with E-state index in [0.29, 0.717) is 5.92 Å². The second kappa shape index (κ2) is 4.33. The largest absolute Gasteiger partial charge is 0.392 e. The van der Waals surface area contributed by atoms with Crippen LogP contribution in [0.2, 0.25) is 0 Å². The highest BCUT2D eigenvalue weighted by Gasteiger charge is 1.84. The molecule has 1 N–H and O–H groups in total. The standard InChI is InChI=1S/C8H14O/c1-7(2)4-5-8(3)6-9/h4-5,7,9H,3,6H2,1-2H3. The summed E-state index contributed by atoms with van der Waals surface area (Å²) in [6.45, 7) is 7.84. The summed E-state index contributed by atoms with van der Waals surface area (Å²) in [6, 6.07) is 0. The minimum absolute atomic E-state index is 0.0587. The van der Waals surface area contributed by atoms with Gasteiger partial charge in [-0.1, -0.05) is 32.6 Å². The summed E-state index contributed by atoms with van der Waals surface area (Å²) in [4.78, 5) is 0. The minimum Gasteiger partial charge on any atom is -0.392 e. The van der Waals surface area contributed by atoms with Gasteiger partial charge in [-0.25, -0.2) is 0 Å². The van der Waals surface area contributed by atoms with E-state index in [1.807, 2.05) is 12.2 Å². The Morgan fingerprint density at radius 1 is 1.67 bits per heavy atom. The molecule has 0 fully saturated rings. The third kappa shape index (κ3) is 5.31. The Morgan fingerprint density at radius 2 is 2.22 bits per heavy atom. The lowest BCUT2D eigenvalue weighted by atomic mass is 10.2. The molecular weight excluding hydrogens is 112 g/mol. The molecule has 9 heavy (non-hydrogen) atoms. The molecule has 1 nitrogen and oxygen atoms in total. The van der Waals surface area contributed by atoms with Crippen molar-refractivity contribution in [3.8, 4) is 0 Å². The molecule has 0 aliphatic rings. The van der Waals surface area contributed by atoms with E-state index >= 15 is 0 Å². The lowest BCUT2D eigenvalue weighted by molar-refractivity contribution is 0.335. The fourth-order valence-corrected chi connectivity index (χ4v) is 0.381. The van der Waals surface area contributed by atoms with Crippen molar-refractivity contribution in [2.75, 3.05) is 6.61 Å². The van der Waals surface area contributed by atoms with Crippen LogP contribution in [-0.4, -0.2) is 11.7 Å². The van der Waals surface area contributed by atoms with Gasteiger partial charge in [-0.05, 0) is 11.5 Å². The van der Waals surface area contributed by atoms with E-state index in [4.69, 9.17) is 5.11 Å². The third-order valence-corrected chi connectivity index (χ3v) is 0.920. The summed E-state index contributed by atoms with van der Waals surface area (Å²) < 4.78 is 0. The first-order valence-electron chi connectivity index (χ1n) is 3.13. The van der Waals surface area contributed by atoms with E-state index in [1.54, 1.807) is 0 Å². The van der Waals surface area contributed by atoms with Gasteiger partial charge in [0.05, 0.1) is 6.61 Å². The van der Waals surface area contributed by atoms with Crippen LogP contribution in [-0.2, 0) is 0 Å². The summed E-state index contributed by atoms with van der Waals surface area (Å²) in [7, 11) is 0. The number of rotatable bonds is 3. The molecule has 0 bridgehead atoms. The second-order valence-corrected chi connectivity index (χ2v) is 2.42. The van der Waals surface area contributed by atoms with Crippen LogP contribution >= 0.6 is 0 Å². The molecule has 0 aromatic rings. The number of allylic oxidation sites excluding steroid dienone is 1. The van der Waals surface area contributed by atoms with Gasteiger partial charge >= 0.3 is 0 Å². The zero-order valence-corrected chi connectivity index (χ0v) is 6.09. The van der Waals surface area contributed by atoms with Crippen LogP contribution in [0.5, 0.6) is 0 Å². The number of aliphatic hydroxyl groups excluding tert-OH is 1. The highest BCUT2D eigenvalue weighted by atomic mass is 16.3. The quantitative estimate of drug-likeness (QED) is 0.571. The van der Waals surface area contributed by atoms with Crippen LogP contribution in [0.4, 0.5) is 0 Å². The highest BCUT2D eigenvalue weighted by Crippen LogP contribution is 1.97. The number of aliphatic hydroxyl groups is 1. The maximum absolute atomic E-state index is 8.50. The molecule has 0 aromatic carbocycles. The number of hydrogen-bond acceptors (Lipinski definition) is 1. The van der Waals surface area contributed by atoms with Crippen LogP contribution < -0.4 is 0 Å². The van der Waals surface area contributed by atoms with Crippen LogP contribution in [0.3, 0.4) is 0 Å². The van der Waals surface area contributed by atoms with Crippen LogP contribution in [0.1, 0.15) is 13.8 Å². The maximum atomic E-state index is 8.50. The summed E-state index contributed by atoms with van der Waals surface area (Å²) in [5, 5.41) is 8.50. The molecule has 0 aliphatic heterocycles. The van der Waals surface area contributed by atoms with Crippen LogP contribution in [0, 0.1) is 5.92 Å². The summed E-state index contributed by atoms with van der Waals surface area (Å²) in [5.74, 6) is 0.535. The molecule has 0 aliphatic carbocycles. The van der Waals surface area contributed by atoms with Crippen molar-refractivity contribution < 1.29 is 5.11 Å². The van der Waals surface area contributed by atoms with Gasteiger partial charge in [0.2, 0.25) is 0 Å². The average Bonchev–Trinajstić information content (AvgIpc) is 1.83. The summed E-state index contributed by atoms with van der Waals surface area (Å²) >= 11 is 0. The first-order chi connectivity index (χ1) is 4.16. The van der Waals surface area contributed by atoms with Gasteiger partial charge in [0.25, 0.3) is 0 Å². The van der Waals surface area contributed by atoms with Crippen molar-refractivity contribution in [2.45, 2.75) is 13.8 Å². The molecule has 0 aromatic heterocycles. The van der Waals surface area contributed by atoms with Crippen molar-refractivity contribution in [2.24, 2.45) is 5.92 Å². The topological polar surface area (TPSA) is 20.2 Å². The SMILES string of the molecule is C=C(C=CC(C)C)CO. The predicted molar refractivity (Wildman–Crippen MR) is 40.2 cm³/mol. The van der Waals surface area contributed by atoms with Crippen LogP contribution in [0.25, 0.3) is 0 Å². The van der Waals surface area contributed by atoms with Gasteiger partial charge in [0.1, 0.15) is 0 Å². The van der Waals surface area contributed by atoms with Gasteiger partial charge in [-0.3, -0.25) is 0 Å².